The van der Waals surface area contributed by atoms with Gasteiger partial charge in [-0.05, 0) is 31.0 Å². The van der Waals surface area contributed by atoms with Crippen molar-refractivity contribution in [2.24, 2.45) is 0 Å². The van der Waals surface area contributed by atoms with Crippen LogP contribution >= 0.6 is 11.6 Å². The van der Waals surface area contributed by atoms with Gasteiger partial charge in [-0.15, -0.1) is 0 Å². The topological polar surface area (TPSA) is 60.7 Å². The second-order valence-corrected chi connectivity index (χ2v) is 6.46. The van der Waals surface area contributed by atoms with Gasteiger partial charge in [0.05, 0.1) is 37.6 Å². The summed E-state index contributed by atoms with van der Waals surface area (Å²) in [6.07, 6.45) is 1.82. The number of benzene rings is 2. The van der Waals surface area contributed by atoms with Crippen molar-refractivity contribution in [1.82, 2.24) is 0 Å². The molecule has 3 aromatic rings. The molecule has 0 aliphatic heterocycles. The largest absolute Gasteiger partial charge is 0.495 e. The first kappa shape index (κ1) is 18.1. The zero-order valence-electron chi connectivity index (χ0n) is 15.1. The van der Waals surface area contributed by atoms with Gasteiger partial charge in [0.25, 0.3) is 0 Å². The molecule has 3 rings (SSSR count). The van der Waals surface area contributed by atoms with Crippen molar-refractivity contribution in [1.29, 1.82) is 0 Å². The lowest BCUT2D eigenvalue weighted by Gasteiger charge is -2.13. The number of aryl methyl sites for hydroxylation is 2. The van der Waals surface area contributed by atoms with Gasteiger partial charge in [-0.3, -0.25) is 4.79 Å². The molecule has 1 aromatic heterocycles. The first-order valence-corrected chi connectivity index (χ1v) is 8.50. The summed E-state index contributed by atoms with van der Waals surface area (Å²) in [6, 6.07) is 7.25. The third kappa shape index (κ3) is 3.35. The minimum Gasteiger partial charge on any atom is -0.495 e. The molecule has 1 N–H and O–H groups in total. The molecule has 0 aliphatic carbocycles. The summed E-state index contributed by atoms with van der Waals surface area (Å²) in [5, 5.41) is 4.18. The molecule has 2 aromatic carbocycles. The van der Waals surface area contributed by atoms with Crippen LogP contribution in [0, 0.1) is 13.8 Å². The van der Waals surface area contributed by atoms with Crippen LogP contribution in [0.15, 0.2) is 34.9 Å². The third-order valence-electron chi connectivity index (χ3n) is 4.44. The zero-order valence-corrected chi connectivity index (χ0v) is 15.9. The summed E-state index contributed by atoms with van der Waals surface area (Å²) in [6.45, 7) is 4.04. The van der Waals surface area contributed by atoms with Crippen molar-refractivity contribution in [2.75, 3.05) is 19.5 Å². The molecule has 0 spiro atoms. The zero-order chi connectivity index (χ0) is 18.8. The number of hydrogen-bond acceptors (Lipinski definition) is 4. The summed E-state index contributed by atoms with van der Waals surface area (Å²) in [7, 11) is 3.04. The number of rotatable bonds is 5. The number of hydrogen-bond donors (Lipinski definition) is 1. The fourth-order valence-corrected chi connectivity index (χ4v) is 3.09. The normalized spacial score (nSPS) is 10.8. The van der Waals surface area contributed by atoms with Gasteiger partial charge in [0.1, 0.15) is 17.1 Å². The van der Waals surface area contributed by atoms with Crippen molar-refractivity contribution in [3.8, 4) is 11.5 Å². The van der Waals surface area contributed by atoms with E-state index in [1.165, 1.54) is 14.2 Å². The summed E-state index contributed by atoms with van der Waals surface area (Å²) in [4.78, 5) is 12.5. The van der Waals surface area contributed by atoms with Gasteiger partial charge in [-0.1, -0.05) is 23.7 Å². The van der Waals surface area contributed by atoms with Crippen LogP contribution in [-0.4, -0.2) is 20.1 Å². The molecule has 0 saturated heterocycles. The van der Waals surface area contributed by atoms with E-state index in [2.05, 4.69) is 5.32 Å². The maximum Gasteiger partial charge on any atom is 0.229 e. The predicted octanol–water partition coefficient (Wildman–Crippen LogP) is 4.90. The molecular weight excluding hydrogens is 354 g/mol. The number of ether oxygens (including phenoxy) is 2. The van der Waals surface area contributed by atoms with Crippen LogP contribution in [0.25, 0.3) is 11.0 Å². The average molecular weight is 374 g/mol. The van der Waals surface area contributed by atoms with Crippen LogP contribution in [0.5, 0.6) is 11.5 Å². The van der Waals surface area contributed by atoms with Crippen molar-refractivity contribution in [3.05, 3.63) is 52.2 Å². The summed E-state index contributed by atoms with van der Waals surface area (Å²) >= 11 is 6.15. The average Bonchev–Trinajstić information content (AvgIpc) is 3.01. The van der Waals surface area contributed by atoms with Gasteiger partial charge in [0, 0.05) is 17.0 Å². The SMILES string of the molecule is COc1cc(OC)c(NC(=O)Cc2coc3c(C)c(C)ccc23)cc1Cl. The molecule has 0 fully saturated rings. The molecule has 0 unspecified atom stereocenters. The summed E-state index contributed by atoms with van der Waals surface area (Å²) in [5.74, 6) is 0.766. The summed E-state index contributed by atoms with van der Waals surface area (Å²) < 4.78 is 16.1. The van der Waals surface area contributed by atoms with E-state index in [9.17, 15) is 4.79 Å². The smallest absolute Gasteiger partial charge is 0.229 e. The molecule has 1 amide bonds. The lowest BCUT2D eigenvalue weighted by molar-refractivity contribution is -0.115. The van der Waals surface area contributed by atoms with E-state index >= 15 is 0 Å². The Morgan fingerprint density at radius 1 is 1.15 bits per heavy atom. The van der Waals surface area contributed by atoms with Crippen LogP contribution in [0.2, 0.25) is 5.02 Å². The molecular formula is C20H20ClNO4. The van der Waals surface area contributed by atoms with E-state index in [4.69, 9.17) is 25.5 Å². The number of nitrogens with one attached hydrogen (secondary N) is 1. The Balaban J connectivity index is 1.84. The van der Waals surface area contributed by atoms with Crippen LogP contribution in [0.1, 0.15) is 16.7 Å². The second-order valence-electron chi connectivity index (χ2n) is 6.06. The molecule has 1 heterocycles. The Morgan fingerprint density at radius 3 is 2.58 bits per heavy atom. The Morgan fingerprint density at radius 2 is 1.88 bits per heavy atom. The number of fused-ring (bicyclic) bond motifs is 1. The van der Waals surface area contributed by atoms with Crippen LogP contribution in [0.3, 0.4) is 0 Å². The van der Waals surface area contributed by atoms with E-state index < -0.39 is 0 Å². The number of furan rings is 1. The molecule has 0 bridgehead atoms. The van der Waals surface area contributed by atoms with Gasteiger partial charge in [0.15, 0.2) is 0 Å². The van der Waals surface area contributed by atoms with E-state index in [-0.39, 0.29) is 12.3 Å². The molecule has 26 heavy (non-hydrogen) atoms. The van der Waals surface area contributed by atoms with Crippen LogP contribution in [-0.2, 0) is 11.2 Å². The lowest BCUT2D eigenvalue weighted by Crippen LogP contribution is -2.15. The number of carbonyl (C=O) groups is 1. The van der Waals surface area contributed by atoms with Gasteiger partial charge in [-0.25, -0.2) is 0 Å². The fourth-order valence-electron chi connectivity index (χ4n) is 2.85. The van der Waals surface area contributed by atoms with E-state index in [1.807, 2.05) is 26.0 Å². The lowest BCUT2D eigenvalue weighted by atomic mass is 10.0. The molecule has 5 nitrogen and oxygen atoms in total. The Labute approximate surface area is 156 Å². The van der Waals surface area contributed by atoms with Crippen LogP contribution < -0.4 is 14.8 Å². The second kappa shape index (κ2) is 7.30. The Hall–Kier alpha value is -2.66. The first-order valence-electron chi connectivity index (χ1n) is 8.12. The highest BCUT2D eigenvalue weighted by atomic mass is 35.5. The molecule has 0 saturated carbocycles. The van der Waals surface area contributed by atoms with Crippen LogP contribution in [0.4, 0.5) is 5.69 Å². The first-order chi connectivity index (χ1) is 12.4. The minimum atomic E-state index is -0.189. The summed E-state index contributed by atoms with van der Waals surface area (Å²) in [5.41, 5.74) is 4.37. The van der Waals surface area contributed by atoms with E-state index in [0.717, 1.165) is 27.7 Å². The molecule has 0 atom stereocenters. The Bertz CT molecular complexity index is 978. The van der Waals surface area contributed by atoms with Crippen molar-refractivity contribution in [3.63, 3.8) is 0 Å². The van der Waals surface area contributed by atoms with Gasteiger partial charge in [-0.2, -0.15) is 0 Å². The van der Waals surface area contributed by atoms with E-state index in [1.54, 1.807) is 18.4 Å². The van der Waals surface area contributed by atoms with Crippen molar-refractivity contribution in [2.45, 2.75) is 20.3 Å². The highest BCUT2D eigenvalue weighted by molar-refractivity contribution is 6.32. The maximum absolute atomic E-state index is 12.5. The third-order valence-corrected chi connectivity index (χ3v) is 4.74. The predicted molar refractivity (Wildman–Crippen MR) is 103 cm³/mol. The Kier molecular flexibility index (Phi) is 5.09. The van der Waals surface area contributed by atoms with Gasteiger partial charge < -0.3 is 19.2 Å². The number of carbonyl (C=O) groups excluding carboxylic acids is 1. The molecule has 136 valence electrons. The quantitative estimate of drug-likeness (QED) is 0.690. The molecule has 0 aliphatic rings. The van der Waals surface area contributed by atoms with Crippen molar-refractivity contribution < 1.29 is 18.7 Å². The molecule has 6 heteroatoms. The minimum absolute atomic E-state index is 0.183. The standard InChI is InChI=1S/C20H20ClNO4/c1-11-5-6-14-13(10-26-20(14)12(11)2)7-19(23)22-16-8-15(21)17(24-3)9-18(16)25-4/h5-6,8-10H,7H2,1-4H3,(H,22,23). The molecule has 0 radical (unpaired) electrons. The van der Waals surface area contributed by atoms with Gasteiger partial charge in [0.2, 0.25) is 5.91 Å². The van der Waals surface area contributed by atoms with E-state index in [0.29, 0.717) is 22.2 Å². The number of methoxy groups -OCH3 is 2. The monoisotopic (exact) mass is 373 g/mol. The number of halogens is 1. The number of anilines is 1. The fraction of sp³-hybridized carbons (Fsp3) is 0.250. The maximum atomic E-state index is 12.5. The highest BCUT2D eigenvalue weighted by Gasteiger charge is 2.16. The van der Waals surface area contributed by atoms with Gasteiger partial charge >= 0.3 is 0 Å². The number of amides is 1. The highest BCUT2D eigenvalue weighted by Crippen LogP contribution is 2.36. The van der Waals surface area contributed by atoms with Crippen molar-refractivity contribution >= 4 is 34.2 Å².